The Kier molecular flexibility index (Phi) is 5.24. The van der Waals surface area contributed by atoms with Gasteiger partial charge in [0.1, 0.15) is 0 Å². The fourth-order valence-corrected chi connectivity index (χ4v) is 3.46. The van der Waals surface area contributed by atoms with Crippen LogP contribution in [0, 0.1) is 0 Å². The molecule has 0 aliphatic heterocycles. The Labute approximate surface area is 185 Å². The van der Waals surface area contributed by atoms with Gasteiger partial charge in [0.25, 0.3) is 0 Å². The molecular formula is C26H19N5O. The molecule has 32 heavy (non-hydrogen) atoms. The van der Waals surface area contributed by atoms with Gasteiger partial charge < -0.3 is 10.6 Å². The second-order valence-electron chi connectivity index (χ2n) is 7.17. The number of anilines is 2. The number of fused-ring (bicyclic) bond motifs is 1. The van der Waals surface area contributed by atoms with E-state index in [1.165, 1.54) is 0 Å². The molecule has 6 heteroatoms. The normalized spacial score (nSPS) is 10.6. The molecule has 0 radical (unpaired) electrons. The number of amides is 2. The molecule has 0 saturated heterocycles. The maximum absolute atomic E-state index is 12.4. The van der Waals surface area contributed by atoms with Gasteiger partial charge in [-0.3, -0.25) is 4.98 Å². The van der Waals surface area contributed by atoms with Crippen molar-refractivity contribution in [3.8, 4) is 22.5 Å². The lowest BCUT2D eigenvalue weighted by Gasteiger charge is -2.12. The molecule has 0 aliphatic rings. The lowest BCUT2D eigenvalue weighted by Crippen LogP contribution is -2.19. The number of urea groups is 1. The Balaban J connectivity index is 1.52. The number of rotatable bonds is 4. The Morgan fingerprint density at radius 3 is 1.78 bits per heavy atom. The highest BCUT2D eigenvalue weighted by molar-refractivity contribution is 6.01. The maximum atomic E-state index is 12.4. The lowest BCUT2D eigenvalue weighted by molar-refractivity contribution is 0.262. The molecule has 2 amide bonds. The molecule has 0 bridgehead atoms. The zero-order valence-corrected chi connectivity index (χ0v) is 17.1. The van der Waals surface area contributed by atoms with Crippen LogP contribution in [-0.4, -0.2) is 21.0 Å². The summed E-state index contributed by atoms with van der Waals surface area (Å²) in [7, 11) is 0. The van der Waals surface area contributed by atoms with Crippen molar-refractivity contribution in [1.29, 1.82) is 0 Å². The summed E-state index contributed by atoms with van der Waals surface area (Å²) >= 11 is 0. The van der Waals surface area contributed by atoms with Crippen LogP contribution < -0.4 is 10.6 Å². The van der Waals surface area contributed by atoms with E-state index >= 15 is 0 Å². The number of aromatic nitrogens is 3. The third-order valence-electron chi connectivity index (χ3n) is 4.95. The Hall–Kier alpha value is -4.58. The highest BCUT2D eigenvalue weighted by Gasteiger charge is 2.13. The molecule has 6 nitrogen and oxygen atoms in total. The van der Waals surface area contributed by atoms with Crippen molar-refractivity contribution in [1.82, 2.24) is 15.0 Å². The largest absolute Gasteiger partial charge is 0.323 e. The van der Waals surface area contributed by atoms with Crippen LogP contribution in [-0.2, 0) is 0 Å². The van der Waals surface area contributed by atoms with Crippen molar-refractivity contribution in [3.05, 3.63) is 103 Å². The van der Waals surface area contributed by atoms with E-state index in [1.807, 2.05) is 78.9 Å². The second-order valence-corrected chi connectivity index (χ2v) is 7.17. The molecule has 5 rings (SSSR count). The molecule has 3 aromatic carbocycles. The fourth-order valence-electron chi connectivity index (χ4n) is 3.46. The predicted octanol–water partition coefficient (Wildman–Crippen LogP) is 6.00. The molecule has 0 spiro atoms. The molecule has 0 aliphatic carbocycles. The van der Waals surface area contributed by atoms with E-state index in [1.54, 1.807) is 24.5 Å². The van der Waals surface area contributed by atoms with Crippen LogP contribution >= 0.6 is 0 Å². The smallest absolute Gasteiger partial charge is 0.308 e. The predicted molar refractivity (Wildman–Crippen MR) is 127 cm³/mol. The highest BCUT2D eigenvalue weighted by atomic mass is 16.2. The fraction of sp³-hybridized carbons (Fsp3) is 0. The van der Waals surface area contributed by atoms with Crippen LogP contribution in [0.3, 0.4) is 0 Å². The van der Waals surface area contributed by atoms with Gasteiger partial charge in [0.15, 0.2) is 0 Å². The van der Waals surface area contributed by atoms with Crippen LogP contribution in [0.2, 0.25) is 0 Å². The molecule has 2 heterocycles. The first-order valence-corrected chi connectivity index (χ1v) is 10.2. The van der Waals surface area contributed by atoms with Crippen LogP contribution in [0.5, 0.6) is 0 Å². The first-order valence-electron chi connectivity index (χ1n) is 10.2. The van der Waals surface area contributed by atoms with Gasteiger partial charge in [0, 0.05) is 34.9 Å². The quantitative estimate of drug-likeness (QED) is 0.376. The van der Waals surface area contributed by atoms with Crippen molar-refractivity contribution in [2.75, 3.05) is 10.6 Å². The van der Waals surface area contributed by atoms with Gasteiger partial charge in [-0.25, -0.2) is 14.8 Å². The zero-order chi connectivity index (χ0) is 21.8. The zero-order valence-electron chi connectivity index (χ0n) is 17.1. The molecule has 0 atom stereocenters. The maximum Gasteiger partial charge on any atom is 0.323 e. The summed E-state index contributed by atoms with van der Waals surface area (Å²) in [6.07, 6.45) is 3.24. The van der Waals surface area contributed by atoms with Gasteiger partial charge in [0.05, 0.1) is 22.4 Å². The number of benzene rings is 3. The summed E-state index contributed by atoms with van der Waals surface area (Å²) in [6, 6.07) is 28.6. The van der Waals surface area contributed by atoms with Crippen molar-refractivity contribution in [2.24, 2.45) is 0 Å². The molecule has 0 saturated carbocycles. The van der Waals surface area contributed by atoms with Gasteiger partial charge in [0.2, 0.25) is 0 Å². The molecule has 5 aromatic rings. The summed E-state index contributed by atoms with van der Waals surface area (Å²) in [4.78, 5) is 26.2. The van der Waals surface area contributed by atoms with E-state index in [4.69, 9.17) is 9.97 Å². The van der Waals surface area contributed by atoms with Gasteiger partial charge >= 0.3 is 6.03 Å². The van der Waals surface area contributed by atoms with Crippen LogP contribution in [0.25, 0.3) is 33.5 Å². The van der Waals surface area contributed by atoms with E-state index in [2.05, 4.69) is 15.6 Å². The van der Waals surface area contributed by atoms with E-state index < -0.39 is 0 Å². The van der Waals surface area contributed by atoms with Gasteiger partial charge in [-0.1, -0.05) is 60.7 Å². The number of pyridine rings is 1. The van der Waals surface area contributed by atoms with E-state index in [-0.39, 0.29) is 6.03 Å². The second kappa shape index (κ2) is 8.65. The van der Waals surface area contributed by atoms with Crippen molar-refractivity contribution < 1.29 is 4.79 Å². The van der Waals surface area contributed by atoms with E-state index in [0.29, 0.717) is 16.9 Å². The Bertz CT molecular complexity index is 1370. The molecule has 0 fully saturated rings. The van der Waals surface area contributed by atoms with E-state index in [0.717, 1.165) is 28.0 Å². The summed E-state index contributed by atoms with van der Waals surface area (Å²) < 4.78 is 0. The lowest BCUT2D eigenvalue weighted by atomic mass is 10.0. The number of hydrogen-bond acceptors (Lipinski definition) is 4. The van der Waals surface area contributed by atoms with Crippen molar-refractivity contribution in [3.63, 3.8) is 0 Å². The average Bonchev–Trinajstić information content (AvgIpc) is 2.85. The number of hydrogen-bond donors (Lipinski definition) is 2. The van der Waals surface area contributed by atoms with Crippen LogP contribution in [0.15, 0.2) is 103 Å². The van der Waals surface area contributed by atoms with Crippen LogP contribution in [0.4, 0.5) is 16.2 Å². The molecular weight excluding hydrogens is 398 g/mol. The third kappa shape index (κ3) is 4.15. The molecule has 0 unspecified atom stereocenters. The van der Waals surface area contributed by atoms with Crippen molar-refractivity contribution >= 4 is 28.4 Å². The first kappa shape index (κ1) is 19.4. The SMILES string of the molecule is O=C(Nc1ccncc1)Nc1ccc2nc(-c3ccccc3)c(-c3ccccc3)nc2c1. The first-order chi connectivity index (χ1) is 15.8. The van der Waals surface area contributed by atoms with Crippen LogP contribution in [0.1, 0.15) is 0 Å². The number of nitrogens with zero attached hydrogens (tertiary/aromatic N) is 3. The number of carbonyl (C=O) groups excluding carboxylic acids is 1. The van der Waals surface area contributed by atoms with Gasteiger partial charge in [-0.15, -0.1) is 0 Å². The Morgan fingerprint density at radius 1 is 0.594 bits per heavy atom. The molecule has 2 aromatic heterocycles. The highest BCUT2D eigenvalue weighted by Crippen LogP contribution is 2.31. The number of nitrogens with one attached hydrogen (secondary N) is 2. The number of carbonyl (C=O) groups is 1. The Morgan fingerprint density at radius 2 is 1.16 bits per heavy atom. The minimum atomic E-state index is -0.340. The van der Waals surface area contributed by atoms with Gasteiger partial charge in [-0.05, 0) is 30.3 Å². The molecule has 154 valence electrons. The molecule has 2 N–H and O–H groups in total. The summed E-state index contributed by atoms with van der Waals surface area (Å²) in [6.45, 7) is 0. The minimum Gasteiger partial charge on any atom is -0.308 e. The van der Waals surface area contributed by atoms with Gasteiger partial charge in [-0.2, -0.15) is 0 Å². The third-order valence-corrected chi connectivity index (χ3v) is 4.95. The average molecular weight is 417 g/mol. The van der Waals surface area contributed by atoms with Crippen molar-refractivity contribution in [2.45, 2.75) is 0 Å². The van der Waals surface area contributed by atoms with E-state index in [9.17, 15) is 4.79 Å². The monoisotopic (exact) mass is 417 g/mol. The summed E-state index contributed by atoms with van der Waals surface area (Å²) in [5.41, 5.74) is 6.34. The summed E-state index contributed by atoms with van der Waals surface area (Å²) in [5.74, 6) is 0. The minimum absolute atomic E-state index is 0.340. The standard InChI is InChI=1S/C26H19N5O/c32-26(28-20-13-15-27-16-14-20)29-21-11-12-22-23(17-21)31-25(19-9-5-2-6-10-19)24(30-22)18-7-3-1-4-8-18/h1-17H,(H2,27,28,29,32). The summed E-state index contributed by atoms with van der Waals surface area (Å²) in [5, 5.41) is 5.63. The topological polar surface area (TPSA) is 79.8 Å².